The summed E-state index contributed by atoms with van der Waals surface area (Å²) in [6, 6.07) is 7.35. The molecule has 4 heteroatoms. The second-order valence-electron chi connectivity index (χ2n) is 4.91. The first-order valence-electron chi connectivity index (χ1n) is 7.34. The van der Waals surface area contributed by atoms with Crippen LogP contribution in [0, 0.1) is 5.82 Å². The SMILES string of the molecule is CCCNC(c1cccc(OC)c1F)c1sccc1CC. The van der Waals surface area contributed by atoms with Crippen LogP contribution in [0.1, 0.15) is 42.3 Å². The molecule has 0 spiro atoms. The fraction of sp³-hybridized carbons (Fsp3) is 0.412. The summed E-state index contributed by atoms with van der Waals surface area (Å²) in [6.45, 7) is 5.09. The van der Waals surface area contributed by atoms with E-state index in [1.165, 1.54) is 17.6 Å². The summed E-state index contributed by atoms with van der Waals surface area (Å²) in [5.74, 6) is 0.0226. The van der Waals surface area contributed by atoms with Gasteiger partial charge >= 0.3 is 0 Å². The molecule has 1 heterocycles. The molecule has 114 valence electrons. The summed E-state index contributed by atoms with van der Waals surface area (Å²) < 4.78 is 19.7. The van der Waals surface area contributed by atoms with E-state index in [1.54, 1.807) is 17.4 Å². The number of benzene rings is 1. The zero-order valence-corrected chi connectivity index (χ0v) is 13.6. The van der Waals surface area contributed by atoms with Gasteiger partial charge < -0.3 is 10.1 Å². The maximum atomic E-state index is 14.6. The lowest BCUT2D eigenvalue weighted by molar-refractivity contribution is 0.381. The van der Waals surface area contributed by atoms with Gasteiger partial charge in [0.2, 0.25) is 0 Å². The first-order valence-corrected chi connectivity index (χ1v) is 8.22. The summed E-state index contributed by atoms with van der Waals surface area (Å²) in [5, 5.41) is 5.55. The Labute approximate surface area is 130 Å². The molecule has 1 aromatic heterocycles. The molecule has 1 unspecified atom stereocenters. The number of nitrogens with one attached hydrogen (secondary N) is 1. The van der Waals surface area contributed by atoms with Crippen molar-refractivity contribution in [1.82, 2.24) is 5.32 Å². The van der Waals surface area contributed by atoms with Crippen LogP contribution in [-0.4, -0.2) is 13.7 Å². The highest BCUT2D eigenvalue weighted by atomic mass is 32.1. The molecular weight excluding hydrogens is 285 g/mol. The van der Waals surface area contributed by atoms with Gasteiger partial charge in [0, 0.05) is 10.4 Å². The van der Waals surface area contributed by atoms with Crippen LogP contribution in [0.5, 0.6) is 5.75 Å². The van der Waals surface area contributed by atoms with Gasteiger partial charge in [0.15, 0.2) is 11.6 Å². The summed E-state index contributed by atoms with van der Waals surface area (Å²) >= 11 is 1.68. The van der Waals surface area contributed by atoms with Crippen LogP contribution in [-0.2, 0) is 6.42 Å². The van der Waals surface area contributed by atoms with Gasteiger partial charge in [0.25, 0.3) is 0 Å². The van der Waals surface area contributed by atoms with Crippen LogP contribution in [0.3, 0.4) is 0 Å². The van der Waals surface area contributed by atoms with Gasteiger partial charge in [-0.2, -0.15) is 0 Å². The fourth-order valence-corrected chi connectivity index (χ4v) is 3.52. The second-order valence-corrected chi connectivity index (χ2v) is 5.86. The predicted octanol–water partition coefficient (Wildman–Crippen LogP) is 4.55. The number of hydrogen-bond donors (Lipinski definition) is 1. The molecule has 0 aliphatic rings. The third-order valence-electron chi connectivity index (χ3n) is 3.55. The molecule has 0 radical (unpaired) electrons. The minimum absolute atomic E-state index is 0.116. The fourth-order valence-electron chi connectivity index (χ4n) is 2.43. The van der Waals surface area contributed by atoms with Crippen LogP contribution >= 0.6 is 11.3 Å². The molecule has 1 aromatic carbocycles. The zero-order chi connectivity index (χ0) is 15.2. The van der Waals surface area contributed by atoms with Crippen molar-refractivity contribution in [1.29, 1.82) is 0 Å². The Balaban J connectivity index is 2.45. The van der Waals surface area contributed by atoms with Gasteiger partial charge in [0.1, 0.15) is 0 Å². The minimum Gasteiger partial charge on any atom is -0.494 e. The Morgan fingerprint density at radius 3 is 2.76 bits per heavy atom. The van der Waals surface area contributed by atoms with Crippen molar-refractivity contribution in [3.8, 4) is 5.75 Å². The summed E-state index contributed by atoms with van der Waals surface area (Å²) in [6.07, 6.45) is 1.96. The smallest absolute Gasteiger partial charge is 0.170 e. The van der Waals surface area contributed by atoms with Crippen molar-refractivity contribution in [3.63, 3.8) is 0 Å². The molecule has 0 bridgehead atoms. The van der Waals surface area contributed by atoms with Crippen LogP contribution < -0.4 is 10.1 Å². The van der Waals surface area contributed by atoms with Gasteiger partial charge in [-0.15, -0.1) is 11.3 Å². The number of rotatable bonds is 7. The molecule has 2 nitrogen and oxygen atoms in total. The maximum absolute atomic E-state index is 14.6. The highest BCUT2D eigenvalue weighted by Crippen LogP contribution is 2.34. The molecule has 0 amide bonds. The van der Waals surface area contributed by atoms with Crippen LogP contribution in [0.25, 0.3) is 0 Å². The second kappa shape index (κ2) is 7.57. The molecule has 2 rings (SSSR count). The monoisotopic (exact) mass is 307 g/mol. The minimum atomic E-state index is -0.274. The van der Waals surface area contributed by atoms with E-state index in [9.17, 15) is 4.39 Å². The molecule has 0 saturated heterocycles. The third kappa shape index (κ3) is 3.44. The summed E-state index contributed by atoms with van der Waals surface area (Å²) in [4.78, 5) is 1.19. The van der Waals surface area contributed by atoms with Crippen molar-refractivity contribution in [2.45, 2.75) is 32.7 Å². The Kier molecular flexibility index (Phi) is 5.76. The van der Waals surface area contributed by atoms with Crippen molar-refractivity contribution in [3.05, 3.63) is 51.5 Å². The van der Waals surface area contributed by atoms with E-state index in [0.717, 1.165) is 19.4 Å². The molecule has 21 heavy (non-hydrogen) atoms. The van der Waals surface area contributed by atoms with Crippen molar-refractivity contribution in [2.24, 2.45) is 0 Å². The standard InChI is InChI=1S/C17H22FNOS/c1-4-10-19-16(17-12(5-2)9-11-21-17)13-7-6-8-14(20-3)15(13)18/h6-9,11,16,19H,4-5,10H2,1-3H3. The van der Waals surface area contributed by atoms with Crippen LogP contribution in [0.15, 0.2) is 29.6 Å². The number of ether oxygens (including phenoxy) is 1. The summed E-state index contributed by atoms with van der Waals surface area (Å²) in [5.41, 5.74) is 1.93. The number of halogens is 1. The van der Waals surface area contributed by atoms with Crippen LogP contribution in [0.4, 0.5) is 4.39 Å². The van der Waals surface area contributed by atoms with Gasteiger partial charge in [-0.25, -0.2) is 4.39 Å². The van der Waals surface area contributed by atoms with Crippen LogP contribution in [0.2, 0.25) is 0 Å². The Morgan fingerprint density at radius 2 is 2.10 bits per heavy atom. The lowest BCUT2D eigenvalue weighted by Crippen LogP contribution is -2.24. The third-order valence-corrected chi connectivity index (χ3v) is 4.57. The summed E-state index contributed by atoms with van der Waals surface area (Å²) in [7, 11) is 1.50. The predicted molar refractivity (Wildman–Crippen MR) is 86.8 cm³/mol. The van der Waals surface area contributed by atoms with E-state index < -0.39 is 0 Å². The Morgan fingerprint density at radius 1 is 1.29 bits per heavy atom. The van der Waals surface area contributed by atoms with E-state index in [0.29, 0.717) is 11.3 Å². The molecular formula is C17H22FNOS. The first kappa shape index (κ1) is 16.0. The van der Waals surface area contributed by atoms with E-state index in [-0.39, 0.29) is 11.9 Å². The van der Waals surface area contributed by atoms with E-state index in [1.807, 2.05) is 12.1 Å². The molecule has 0 aliphatic heterocycles. The maximum Gasteiger partial charge on any atom is 0.170 e. The van der Waals surface area contributed by atoms with E-state index in [2.05, 4.69) is 30.6 Å². The Hall–Kier alpha value is -1.39. The van der Waals surface area contributed by atoms with E-state index >= 15 is 0 Å². The van der Waals surface area contributed by atoms with Gasteiger partial charge in [-0.3, -0.25) is 0 Å². The largest absolute Gasteiger partial charge is 0.494 e. The topological polar surface area (TPSA) is 21.3 Å². The number of thiophene rings is 1. The average Bonchev–Trinajstić information content (AvgIpc) is 2.97. The van der Waals surface area contributed by atoms with Crippen molar-refractivity contribution < 1.29 is 9.13 Å². The molecule has 2 aromatic rings. The molecule has 0 aliphatic carbocycles. The lowest BCUT2D eigenvalue weighted by atomic mass is 10.0. The number of aryl methyl sites for hydroxylation is 1. The molecule has 1 N–H and O–H groups in total. The molecule has 1 atom stereocenters. The highest BCUT2D eigenvalue weighted by Gasteiger charge is 2.22. The zero-order valence-electron chi connectivity index (χ0n) is 12.8. The van der Waals surface area contributed by atoms with E-state index in [4.69, 9.17) is 4.74 Å². The number of hydrogen-bond acceptors (Lipinski definition) is 3. The molecule has 0 saturated carbocycles. The first-order chi connectivity index (χ1) is 10.2. The normalized spacial score (nSPS) is 12.4. The van der Waals surface area contributed by atoms with Gasteiger partial charge in [-0.05, 0) is 42.5 Å². The van der Waals surface area contributed by atoms with Gasteiger partial charge in [-0.1, -0.05) is 26.0 Å². The Bertz CT molecular complexity index is 582. The lowest BCUT2D eigenvalue weighted by Gasteiger charge is -2.21. The number of methoxy groups -OCH3 is 1. The average molecular weight is 307 g/mol. The van der Waals surface area contributed by atoms with Crippen molar-refractivity contribution in [2.75, 3.05) is 13.7 Å². The highest BCUT2D eigenvalue weighted by molar-refractivity contribution is 7.10. The van der Waals surface area contributed by atoms with Gasteiger partial charge in [0.05, 0.1) is 13.2 Å². The molecule has 0 fully saturated rings. The van der Waals surface area contributed by atoms with Crippen molar-refractivity contribution >= 4 is 11.3 Å². The quantitative estimate of drug-likeness (QED) is 0.810.